The second-order valence-electron chi connectivity index (χ2n) is 6.98. The molecule has 0 amide bonds. The van der Waals surface area contributed by atoms with E-state index in [-0.39, 0.29) is 11.6 Å². The monoisotopic (exact) mass is 278 g/mol. The number of hydrogen-bond donors (Lipinski definition) is 0. The van der Waals surface area contributed by atoms with Crippen LogP contribution in [0.4, 0.5) is 0 Å². The summed E-state index contributed by atoms with van der Waals surface area (Å²) >= 11 is 0. The van der Waals surface area contributed by atoms with Crippen LogP contribution in [0.1, 0.15) is 84.0 Å². The molecule has 0 heterocycles. The molecule has 2 nitrogen and oxygen atoms in total. The lowest BCUT2D eigenvalue weighted by molar-refractivity contribution is -0.158. The molecule has 2 saturated carbocycles. The lowest BCUT2D eigenvalue weighted by Gasteiger charge is -2.35. The molecule has 0 aromatic carbocycles. The van der Waals surface area contributed by atoms with Gasteiger partial charge < -0.3 is 4.74 Å². The summed E-state index contributed by atoms with van der Waals surface area (Å²) in [4.78, 5) is 12.0. The summed E-state index contributed by atoms with van der Waals surface area (Å²) < 4.78 is 5.98. The van der Waals surface area contributed by atoms with Crippen LogP contribution in [-0.4, -0.2) is 11.6 Å². The Labute approximate surface area is 124 Å². The van der Waals surface area contributed by atoms with Gasteiger partial charge in [-0.15, -0.1) is 0 Å². The van der Waals surface area contributed by atoms with Gasteiger partial charge in [0.05, 0.1) is 0 Å². The van der Waals surface area contributed by atoms with Crippen molar-refractivity contribution < 1.29 is 9.53 Å². The Bertz CT molecular complexity index is 347. The van der Waals surface area contributed by atoms with E-state index in [4.69, 9.17) is 4.74 Å². The van der Waals surface area contributed by atoms with E-state index in [1.54, 1.807) is 6.92 Å². The zero-order chi connectivity index (χ0) is 14.4. The molecule has 2 fully saturated rings. The fourth-order valence-electron chi connectivity index (χ4n) is 3.92. The number of carbonyl (C=O) groups excluding carboxylic acids is 1. The van der Waals surface area contributed by atoms with Crippen LogP contribution < -0.4 is 0 Å². The molecule has 2 aliphatic carbocycles. The molecule has 2 atom stereocenters. The minimum absolute atomic E-state index is 0.178. The third-order valence-corrected chi connectivity index (χ3v) is 5.06. The maximum Gasteiger partial charge on any atom is 0.333 e. The van der Waals surface area contributed by atoms with Gasteiger partial charge in [-0.2, -0.15) is 0 Å². The maximum atomic E-state index is 12.0. The molecular formula is C18H30O2. The van der Waals surface area contributed by atoms with Crippen molar-refractivity contribution in [3.63, 3.8) is 0 Å². The summed E-state index contributed by atoms with van der Waals surface area (Å²) in [6, 6.07) is 0. The van der Waals surface area contributed by atoms with Crippen molar-refractivity contribution in [2.24, 2.45) is 5.92 Å². The Hall–Kier alpha value is -0.790. The van der Waals surface area contributed by atoms with Crippen molar-refractivity contribution in [1.29, 1.82) is 0 Å². The van der Waals surface area contributed by atoms with E-state index in [0.29, 0.717) is 5.57 Å². The van der Waals surface area contributed by atoms with Crippen LogP contribution in [0.3, 0.4) is 0 Å². The lowest BCUT2D eigenvalue weighted by atomic mass is 9.81. The SMILES string of the molecule is C=C(C)C(=O)OC12CCCCCCCC(CCCC1)C2. The highest BCUT2D eigenvalue weighted by Gasteiger charge is 2.38. The topological polar surface area (TPSA) is 26.3 Å². The standard InChI is InChI=1S/C18H30O2/c1-15(2)17(19)20-18-12-8-5-3-4-6-10-16(14-18)11-7-9-13-18/h16H,1,3-14H2,2H3. The number of esters is 1. The van der Waals surface area contributed by atoms with Gasteiger partial charge in [-0.1, -0.05) is 51.5 Å². The van der Waals surface area contributed by atoms with Crippen molar-refractivity contribution >= 4 is 5.97 Å². The molecule has 2 aliphatic rings. The molecule has 0 aromatic rings. The van der Waals surface area contributed by atoms with Crippen molar-refractivity contribution in [3.05, 3.63) is 12.2 Å². The first-order valence-electron chi connectivity index (χ1n) is 8.50. The summed E-state index contributed by atoms with van der Waals surface area (Å²) in [5.74, 6) is 0.580. The van der Waals surface area contributed by atoms with Crippen LogP contribution >= 0.6 is 0 Å². The highest BCUT2D eigenvalue weighted by molar-refractivity contribution is 5.87. The van der Waals surface area contributed by atoms with Gasteiger partial charge in [0.25, 0.3) is 0 Å². The molecular weight excluding hydrogens is 248 g/mol. The van der Waals surface area contributed by atoms with Crippen molar-refractivity contribution in [2.45, 2.75) is 89.6 Å². The molecule has 0 N–H and O–H groups in total. The van der Waals surface area contributed by atoms with Gasteiger partial charge in [0, 0.05) is 5.57 Å². The van der Waals surface area contributed by atoms with Gasteiger partial charge in [-0.05, 0) is 44.9 Å². The van der Waals surface area contributed by atoms with Crippen LogP contribution in [-0.2, 0) is 9.53 Å². The Morgan fingerprint density at radius 2 is 1.55 bits per heavy atom. The Morgan fingerprint density at radius 3 is 2.25 bits per heavy atom. The predicted octanol–water partition coefficient (Wildman–Crippen LogP) is 5.17. The summed E-state index contributed by atoms with van der Waals surface area (Å²) in [6.45, 7) is 5.50. The van der Waals surface area contributed by atoms with E-state index >= 15 is 0 Å². The highest BCUT2D eigenvalue weighted by Crippen LogP contribution is 2.40. The molecule has 2 heteroatoms. The highest BCUT2D eigenvalue weighted by atomic mass is 16.6. The minimum atomic E-state index is -0.186. The van der Waals surface area contributed by atoms with Crippen LogP contribution in [0.2, 0.25) is 0 Å². The van der Waals surface area contributed by atoms with E-state index < -0.39 is 0 Å². The Balaban J connectivity index is 2.12. The molecule has 2 unspecified atom stereocenters. The second-order valence-corrected chi connectivity index (χ2v) is 6.98. The van der Waals surface area contributed by atoms with Gasteiger partial charge in [0.15, 0.2) is 0 Å². The van der Waals surface area contributed by atoms with Gasteiger partial charge >= 0.3 is 5.97 Å². The summed E-state index contributed by atoms with van der Waals surface area (Å²) in [6.07, 6.45) is 14.9. The smallest absolute Gasteiger partial charge is 0.333 e. The zero-order valence-corrected chi connectivity index (χ0v) is 13.1. The Morgan fingerprint density at radius 1 is 1.00 bits per heavy atom. The molecule has 2 rings (SSSR count). The van der Waals surface area contributed by atoms with E-state index in [9.17, 15) is 4.79 Å². The molecule has 0 aromatic heterocycles. The number of ether oxygens (including phenoxy) is 1. The second kappa shape index (κ2) is 7.28. The van der Waals surface area contributed by atoms with Gasteiger partial charge in [0.2, 0.25) is 0 Å². The average Bonchev–Trinajstić information content (AvgIpc) is 2.60. The number of carbonyl (C=O) groups is 1. The zero-order valence-electron chi connectivity index (χ0n) is 13.1. The van der Waals surface area contributed by atoms with Crippen molar-refractivity contribution in [2.75, 3.05) is 0 Å². The minimum Gasteiger partial charge on any atom is -0.456 e. The molecule has 0 aliphatic heterocycles. The molecule has 20 heavy (non-hydrogen) atoms. The summed E-state index contributed by atoms with van der Waals surface area (Å²) in [5.41, 5.74) is 0.353. The summed E-state index contributed by atoms with van der Waals surface area (Å²) in [7, 11) is 0. The normalized spacial score (nSPS) is 31.9. The van der Waals surface area contributed by atoms with Crippen molar-refractivity contribution in [3.8, 4) is 0 Å². The third-order valence-electron chi connectivity index (χ3n) is 5.06. The molecule has 0 spiro atoms. The molecule has 114 valence electrons. The van der Waals surface area contributed by atoms with Crippen LogP contribution in [0.25, 0.3) is 0 Å². The average molecular weight is 278 g/mol. The molecule has 0 radical (unpaired) electrons. The first kappa shape index (κ1) is 15.6. The lowest BCUT2D eigenvalue weighted by Crippen LogP contribution is -2.37. The van der Waals surface area contributed by atoms with E-state index in [2.05, 4.69) is 6.58 Å². The van der Waals surface area contributed by atoms with Gasteiger partial charge in [-0.25, -0.2) is 4.79 Å². The predicted molar refractivity (Wildman–Crippen MR) is 82.5 cm³/mol. The molecule has 2 bridgehead atoms. The number of fused-ring (bicyclic) bond motifs is 2. The first-order chi connectivity index (χ1) is 9.61. The van der Waals surface area contributed by atoms with E-state index in [0.717, 1.165) is 25.2 Å². The van der Waals surface area contributed by atoms with Crippen molar-refractivity contribution in [1.82, 2.24) is 0 Å². The fraction of sp³-hybridized carbons (Fsp3) is 0.833. The maximum absolute atomic E-state index is 12.0. The van der Waals surface area contributed by atoms with Gasteiger partial charge in [-0.3, -0.25) is 0 Å². The molecule has 0 saturated heterocycles. The van der Waals surface area contributed by atoms with E-state index in [1.807, 2.05) is 0 Å². The van der Waals surface area contributed by atoms with Crippen LogP contribution in [0.5, 0.6) is 0 Å². The number of hydrogen-bond acceptors (Lipinski definition) is 2. The quantitative estimate of drug-likeness (QED) is 0.514. The summed E-state index contributed by atoms with van der Waals surface area (Å²) in [5, 5.41) is 0. The Kier molecular flexibility index (Phi) is 5.68. The largest absolute Gasteiger partial charge is 0.456 e. The van der Waals surface area contributed by atoms with Gasteiger partial charge in [0.1, 0.15) is 5.60 Å². The number of rotatable bonds is 2. The van der Waals surface area contributed by atoms with E-state index in [1.165, 1.54) is 57.8 Å². The third kappa shape index (κ3) is 4.36. The fourth-order valence-corrected chi connectivity index (χ4v) is 3.92. The van der Waals surface area contributed by atoms with Crippen LogP contribution in [0, 0.1) is 5.92 Å². The first-order valence-corrected chi connectivity index (χ1v) is 8.50. The van der Waals surface area contributed by atoms with Crippen LogP contribution in [0.15, 0.2) is 12.2 Å².